The average molecular weight is 230 g/mol. The van der Waals surface area contributed by atoms with Crippen LogP contribution in [-0.4, -0.2) is 15.0 Å². The molecule has 0 saturated heterocycles. The number of fused-ring (bicyclic) bond motifs is 1. The van der Waals surface area contributed by atoms with Crippen molar-refractivity contribution in [2.75, 3.05) is 5.73 Å². The van der Waals surface area contributed by atoms with E-state index in [1.807, 2.05) is 6.07 Å². The van der Waals surface area contributed by atoms with Crippen molar-refractivity contribution in [2.45, 2.75) is 6.42 Å². The maximum atomic E-state index is 5.61. The van der Waals surface area contributed by atoms with E-state index in [0.717, 1.165) is 17.8 Å². The summed E-state index contributed by atoms with van der Waals surface area (Å²) in [5, 5.41) is 4.18. The lowest BCUT2D eigenvalue weighted by Gasteiger charge is -1.90. The van der Waals surface area contributed by atoms with Gasteiger partial charge >= 0.3 is 0 Å². The third-order valence-corrected chi connectivity index (χ3v) is 3.10. The van der Waals surface area contributed by atoms with Gasteiger partial charge in [-0.2, -0.15) is 11.3 Å². The maximum Gasteiger partial charge on any atom is 0.179 e. The van der Waals surface area contributed by atoms with Crippen LogP contribution in [0.4, 0.5) is 5.82 Å². The summed E-state index contributed by atoms with van der Waals surface area (Å²) < 4.78 is 0. The maximum absolute atomic E-state index is 5.61. The van der Waals surface area contributed by atoms with Gasteiger partial charge in [-0.3, -0.25) is 0 Å². The van der Waals surface area contributed by atoms with Crippen molar-refractivity contribution in [3.63, 3.8) is 0 Å². The quantitative estimate of drug-likeness (QED) is 0.709. The Morgan fingerprint density at radius 2 is 2.19 bits per heavy atom. The van der Waals surface area contributed by atoms with Crippen LogP contribution in [0.15, 0.2) is 29.0 Å². The molecule has 5 heteroatoms. The van der Waals surface area contributed by atoms with Gasteiger partial charge in [0.05, 0.1) is 5.52 Å². The van der Waals surface area contributed by atoms with E-state index < -0.39 is 0 Å². The Balaban J connectivity index is 1.99. The lowest BCUT2D eigenvalue weighted by Crippen LogP contribution is -1.89. The Morgan fingerprint density at radius 1 is 1.25 bits per heavy atom. The Labute approximate surface area is 96.2 Å². The predicted octanol–water partition coefficient (Wildman–Crippen LogP) is 2.19. The molecule has 0 radical (unpaired) electrons. The van der Waals surface area contributed by atoms with Crippen molar-refractivity contribution in [1.82, 2.24) is 15.0 Å². The minimum Gasteiger partial charge on any atom is -0.384 e. The second kappa shape index (κ2) is 3.61. The number of nitrogens with zero attached hydrogens (tertiary/aromatic N) is 2. The number of pyridine rings is 1. The molecule has 0 saturated carbocycles. The van der Waals surface area contributed by atoms with Gasteiger partial charge in [-0.15, -0.1) is 0 Å². The van der Waals surface area contributed by atoms with Crippen LogP contribution in [0.25, 0.3) is 11.2 Å². The molecule has 0 aliphatic carbocycles. The third kappa shape index (κ3) is 1.65. The number of imidazole rings is 1. The summed E-state index contributed by atoms with van der Waals surface area (Å²) in [4.78, 5) is 11.8. The van der Waals surface area contributed by atoms with Gasteiger partial charge in [0.25, 0.3) is 0 Å². The molecule has 0 fully saturated rings. The van der Waals surface area contributed by atoms with Gasteiger partial charge in [0.1, 0.15) is 11.6 Å². The fourth-order valence-electron chi connectivity index (χ4n) is 1.63. The van der Waals surface area contributed by atoms with Gasteiger partial charge in [0.15, 0.2) is 5.65 Å². The fraction of sp³-hybridized carbons (Fsp3) is 0.0909. The highest BCUT2D eigenvalue weighted by molar-refractivity contribution is 7.07. The zero-order valence-corrected chi connectivity index (χ0v) is 9.29. The lowest BCUT2D eigenvalue weighted by molar-refractivity contribution is 1.04. The summed E-state index contributed by atoms with van der Waals surface area (Å²) >= 11 is 1.69. The van der Waals surface area contributed by atoms with Crippen molar-refractivity contribution >= 4 is 28.3 Å². The second-order valence-corrected chi connectivity index (χ2v) is 4.38. The van der Waals surface area contributed by atoms with E-state index in [1.54, 1.807) is 17.4 Å². The number of rotatable bonds is 2. The molecule has 3 rings (SSSR count). The Hall–Kier alpha value is -1.88. The normalized spacial score (nSPS) is 11.0. The molecule has 0 amide bonds. The van der Waals surface area contributed by atoms with Crippen molar-refractivity contribution in [3.8, 4) is 0 Å². The Bertz CT molecular complexity index is 612. The number of thiophene rings is 1. The van der Waals surface area contributed by atoms with E-state index in [2.05, 4.69) is 31.8 Å². The number of hydrogen-bond acceptors (Lipinski definition) is 4. The lowest BCUT2D eigenvalue weighted by atomic mass is 10.2. The van der Waals surface area contributed by atoms with E-state index >= 15 is 0 Å². The Kier molecular flexibility index (Phi) is 2.11. The van der Waals surface area contributed by atoms with Crippen molar-refractivity contribution in [2.24, 2.45) is 0 Å². The third-order valence-electron chi connectivity index (χ3n) is 2.37. The predicted molar refractivity (Wildman–Crippen MR) is 65.4 cm³/mol. The highest BCUT2D eigenvalue weighted by Crippen LogP contribution is 2.15. The highest BCUT2D eigenvalue weighted by atomic mass is 32.1. The zero-order valence-electron chi connectivity index (χ0n) is 8.47. The molecule has 3 N–H and O–H groups in total. The van der Waals surface area contributed by atoms with Crippen LogP contribution in [0.5, 0.6) is 0 Å². The number of anilines is 1. The summed E-state index contributed by atoms with van der Waals surface area (Å²) in [7, 11) is 0. The average Bonchev–Trinajstić information content (AvgIpc) is 2.86. The minimum atomic E-state index is 0.501. The molecule has 16 heavy (non-hydrogen) atoms. The van der Waals surface area contributed by atoms with E-state index in [-0.39, 0.29) is 0 Å². The van der Waals surface area contributed by atoms with Crippen molar-refractivity contribution in [3.05, 3.63) is 40.3 Å². The molecule has 0 aliphatic rings. The van der Waals surface area contributed by atoms with Gasteiger partial charge < -0.3 is 10.7 Å². The van der Waals surface area contributed by atoms with Crippen LogP contribution in [0.1, 0.15) is 11.4 Å². The van der Waals surface area contributed by atoms with Crippen molar-refractivity contribution in [1.29, 1.82) is 0 Å². The first kappa shape index (κ1) is 9.35. The first-order valence-electron chi connectivity index (χ1n) is 4.93. The van der Waals surface area contributed by atoms with Gasteiger partial charge in [-0.05, 0) is 34.5 Å². The van der Waals surface area contributed by atoms with Crippen LogP contribution < -0.4 is 5.73 Å². The molecule has 0 aromatic carbocycles. The van der Waals surface area contributed by atoms with Gasteiger partial charge in [-0.1, -0.05) is 0 Å². The monoisotopic (exact) mass is 230 g/mol. The molecule has 0 unspecified atom stereocenters. The van der Waals surface area contributed by atoms with Crippen LogP contribution in [0, 0.1) is 0 Å². The molecular formula is C11H10N4S. The van der Waals surface area contributed by atoms with E-state index in [4.69, 9.17) is 5.73 Å². The second-order valence-electron chi connectivity index (χ2n) is 3.60. The van der Waals surface area contributed by atoms with Gasteiger partial charge in [0, 0.05) is 6.42 Å². The number of nitrogen functional groups attached to an aromatic ring is 1. The fourth-order valence-corrected chi connectivity index (χ4v) is 2.30. The summed E-state index contributed by atoms with van der Waals surface area (Å²) in [6.07, 6.45) is 0.805. The first-order valence-corrected chi connectivity index (χ1v) is 5.88. The number of aromatic amines is 1. The molecule has 0 bridgehead atoms. The number of hydrogen-bond donors (Lipinski definition) is 2. The number of nitrogens with two attached hydrogens (primary N) is 1. The topological polar surface area (TPSA) is 67.6 Å². The number of aromatic nitrogens is 3. The van der Waals surface area contributed by atoms with Crippen LogP contribution >= 0.6 is 11.3 Å². The van der Waals surface area contributed by atoms with E-state index in [0.29, 0.717) is 11.5 Å². The number of H-pyrrole nitrogens is 1. The molecule has 0 atom stereocenters. The molecule has 3 aromatic rings. The summed E-state index contributed by atoms with van der Waals surface area (Å²) in [5.74, 6) is 1.42. The van der Waals surface area contributed by atoms with Crippen molar-refractivity contribution < 1.29 is 0 Å². The number of nitrogens with one attached hydrogen (secondary N) is 1. The highest BCUT2D eigenvalue weighted by Gasteiger charge is 2.05. The Morgan fingerprint density at radius 3 is 3.00 bits per heavy atom. The largest absolute Gasteiger partial charge is 0.384 e. The molecule has 0 spiro atoms. The van der Waals surface area contributed by atoms with Gasteiger partial charge in [-0.25, -0.2) is 9.97 Å². The molecule has 3 heterocycles. The van der Waals surface area contributed by atoms with E-state index in [9.17, 15) is 0 Å². The van der Waals surface area contributed by atoms with E-state index in [1.165, 1.54) is 5.56 Å². The zero-order chi connectivity index (χ0) is 11.0. The van der Waals surface area contributed by atoms with Gasteiger partial charge in [0.2, 0.25) is 0 Å². The molecule has 80 valence electrons. The minimum absolute atomic E-state index is 0.501. The standard InChI is InChI=1S/C11H10N4S/c12-9-2-1-8-11(14-9)15-10(13-8)5-7-3-4-16-6-7/h1-4,6H,5H2,(H3,12,13,14,15). The molecule has 0 aliphatic heterocycles. The molecule has 3 aromatic heterocycles. The smallest absolute Gasteiger partial charge is 0.179 e. The SMILES string of the molecule is Nc1ccc2[nH]c(Cc3ccsc3)nc2n1. The summed E-state index contributed by atoms with van der Waals surface area (Å²) in [6, 6.07) is 5.77. The summed E-state index contributed by atoms with van der Waals surface area (Å²) in [5.41, 5.74) is 8.48. The molecule has 4 nitrogen and oxygen atoms in total. The van der Waals surface area contributed by atoms with Crippen LogP contribution in [0.3, 0.4) is 0 Å². The first-order chi connectivity index (χ1) is 7.81. The van der Waals surface area contributed by atoms with Crippen LogP contribution in [-0.2, 0) is 6.42 Å². The molecular weight excluding hydrogens is 220 g/mol. The van der Waals surface area contributed by atoms with Crippen LogP contribution in [0.2, 0.25) is 0 Å². The summed E-state index contributed by atoms with van der Waals surface area (Å²) in [6.45, 7) is 0.